The second kappa shape index (κ2) is 10.2. The van der Waals surface area contributed by atoms with Crippen molar-refractivity contribution in [3.05, 3.63) is 71.2 Å². The first kappa shape index (κ1) is 25.0. The largest absolute Gasteiger partial charge is 0.456 e. The van der Waals surface area contributed by atoms with E-state index < -0.39 is 6.10 Å². The molecule has 5 atom stereocenters. The van der Waals surface area contributed by atoms with Gasteiger partial charge in [0, 0.05) is 25.2 Å². The smallest absolute Gasteiger partial charge is 0.295 e. The number of aliphatic hydroxyl groups excluding tert-OH is 2. The molecule has 3 aromatic carbocycles. The van der Waals surface area contributed by atoms with E-state index in [0.29, 0.717) is 17.6 Å². The number of β-amino-alcohol motifs (C(OH)–C–C–N with tert-alkyl or cyclic N) is 1. The molecule has 202 valence electrons. The van der Waals surface area contributed by atoms with Gasteiger partial charge in [0.05, 0.1) is 35.4 Å². The van der Waals surface area contributed by atoms with Gasteiger partial charge in [0.2, 0.25) is 0 Å². The number of imidazole rings is 1. The van der Waals surface area contributed by atoms with Crippen LogP contribution in [0.15, 0.2) is 60.7 Å². The molecular formula is C30H30ClN3O5. The summed E-state index contributed by atoms with van der Waals surface area (Å²) in [5.74, 6) is 0. The lowest BCUT2D eigenvalue weighted by atomic mass is 9.99. The van der Waals surface area contributed by atoms with Crippen LogP contribution in [0.1, 0.15) is 12.0 Å². The molecule has 3 fully saturated rings. The fourth-order valence-electron chi connectivity index (χ4n) is 5.83. The number of fused-ring (bicyclic) bond motifs is 2. The quantitative estimate of drug-likeness (QED) is 0.335. The van der Waals surface area contributed by atoms with Gasteiger partial charge in [0.1, 0.15) is 18.3 Å². The number of hydrogen-bond acceptors (Lipinski definition) is 7. The molecule has 3 saturated heterocycles. The van der Waals surface area contributed by atoms with Gasteiger partial charge < -0.3 is 29.4 Å². The highest BCUT2D eigenvalue weighted by molar-refractivity contribution is 6.34. The Labute approximate surface area is 231 Å². The summed E-state index contributed by atoms with van der Waals surface area (Å²) in [6.45, 7) is 3.15. The fraction of sp³-hybridized carbons (Fsp3) is 0.367. The molecule has 0 amide bonds. The van der Waals surface area contributed by atoms with E-state index in [1.165, 1.54) is 5.56 Å². The number of hydrogen-bond donors (Lipinski definition) is 3. The van der Waals surface area contributed by atoms with E-state index in [1.54, 1.807) is 0 Å². The monoisotopic (exact) mass is 547 g/mol. The molecule has 0 bridgehead atoms. The molecule has 8 nitrogen and oxygen atoms in total. The maximum absolute atomic E-state index is 9.96. The number of aromatic nitrogens is 2. The van der Waals surface area contributed by atoms with E-state index in [2.05, 4.69) is 63.4 Å². The van der Waals surface area contributed by atoms with Crippen LogP contribution < -0.4 is 4.74 Å². The highest BCUT2D eigenvalue weighted by atomic mass is 35.5. The zero-order chi connectivity index (χ0) is 26.5. The molecule has 3 aliphatic rings. The van der Waals surface area contributed by atoms with Gasteiger partial charge in [-0.05, 0) is 40.8 Å². The van der Waals surface area contributed by atoms with E-state index >= 15 is 0 Å². The van der Waals surface area contributed by atoms with Crippen LogP contribution in [-0.4, -0.2) is 81.9 Å². The average molecular weight is 548 g/mol. The van der Waals surface area contributed by atoms with Crippen molar-refractivity contribution in [3.8, 4) is 28.3 Å². The molecule has 0 saturated carbocycles. The van der Waals surface area contributed by atoms with Gasteiger partial charge in [-0.15, -0.1) is 0 Å². The van der Waals surface area contributed by atoms with Crippen molar-refractivity contribution < 1.29 is 24.4 Å². The zero-order valence-corrected chi connectivity index (χ0v) is 22.1. The third-order valence-electron chi connectivity index (χ3n) is 7.93. The van der Waals surface area contributed by atoms with Crippen LogP contribution in [0.5, 0.6) is 6.01 Å². The highest BCUT2D eigenvalue weighted by Gasteiger charge is 2.48. The number of nitrogens with zero attached hydrogens (tertiary/aromatic N) is 2. The molecule has 4 aromatic rings. The lowest BCUT2D eigenvalue weighted by molar-refractivity contribution is 0.00706. The van der Waals surface area contributed by atoms with Crippen LogP contribution in [-0.2, 0) is 16.0 Å². The summed E-state index contributed by atoms with van der Waals surface area (Å²) >= 11 is 6.68. The van der Waals surface area contributed by atoms with Crippen LogP contribution in [0.2, 0.25) is 5.02 Å². The Morgan fingerprint density at radius 3 is 2.41 bits per heavy atom. The van der Waals surface area contributed by atoms with E-state index in [1.807, 2.05) is 12.1 Å². The number of aliphatic hydroxyl groups is 2. The molecule has 3 N–H and O–H groups in total. The summed E-state index contributed by atoms with van der Waals surface area (Å²) in [7, 11) is 0. The van der Waals surface area contributed by atoms with Crippen molar-refractivity contribution in [2.24, 2.45) is 0 Å². The molecule has 4 heterocycles. The number of likely N-dealkylation sites (tertiary alicyclic amines) is 1. The third kappa shape index (κ3) is 4.93. The Balaban J connectivity index is 1.06. The summed E-state index contributed by atoms with van der Waals surface area (Å²) in [6, 6.07) is 21.2. The minimum atomic E-state index is -0.623. The van der Waals surface area contributed by atoms with Gasteiger partial charge >= 0.3 is 0 Å². The first-order valence-corrected chi connectivity index (χ1v) is 13.8. The van der Waals surface area contributed by atoms with Crippen molar-refractivity contribution in [1.29, 1.82) is 0 Å². The molecule has 0 aliphatic carbocycles. The maximum Gasteiger partial charge on any atom is 0.295 e. The number of ether oxygens (including phenoxy) is 3. The van der Waals surface area contributed by atoms with Crippen molar-refractivity contribution >= 4 is 22.6 Å². The molecular weight excluding hydrogens is 518 g/mol. The number of benzene rings is 3. The SMILES string of the molecule is O[C@@H]1CCN(Cc2ccc(-c3ccc(-c4cc5nc(O[C@@H]6CO[C@H]7[C@@H]6OC[C@H]7O)[nH]c5cc4Cl)cc3)cc2)C1. The molecule has 0 spiro atoms. The molecule has 39 heavy (non-hydrogen) atoms. The Kier molecular flexibility index (Phi) is 6.55. The molecule has 1 aromatic heterocycles. The number of halogens is 1. The summed E-state index contributed by atoms with van der Waals surface area (Å²) in [6.07, 6.45) is -0.959. The van der Waals surface area contributed by atoms with Crippen molar-refractivity contribution in [2.45, 2.75) is 43.5 Å². The minimum absolute atomic E-state index is 0.196. The van der Waals surface area contributed by atoms with Gasteiger partial charge in [-0.3, -0.25) is 4.90 Å². The number of aromatic amines is 1. The van der Waals surface area contributed by atoms with Crippen molar-refractivity contribution in [3.63, 3.8) is 0 Å². The predicted molar refractivity (Wildman–Crippen MR) is 148 cm³/mol. The highest BCUT2D eigenvalue weighted by Crippen LogP contribution is 2.35. The molecule has 7 rings (SSSR count). The Morgan fingerprint density at radius 1 is 0.949 bits per heavy atom. The summed E-state index contributed by atoms with van der Waals surface area (Å²) in [4.78, 5) is 10.1. The fourth-order valence-corrected chi connectivity index (χ4v) is 6.10. The third-order valence-corrected chi connectivity index (χ3v) is 8.24. The standard InChI is InChI=1S/C30H30ClN3O5/c31-23-12-25-24(32-30(33-25)39-27-16-38-28-26(36)15-37-29(27)28)11-22(23)20-7-5-19(6-8-20)18-3-1-17(2-4-18)13-34-10-9-21(35)14-34/h1-8,11-12,21,26-29,35-36H,9-10,13-16H2,(H,32,33)/t21-,26-,27-,28-,29-/m1/s1. The number of nitrogens with one attached hydrogen (secondary N) is 1. The van der Waals surface area contributed by atoms with E-state index in [9.17, 15) is 10.2 Å². The topological polar surface area (TPSA) is 100 Å². The number of H-pyrrole nitrogens is 1. The van der Waals surface area contributed by atoms with Gasteiger partial charge in [0.15, 0.2) is 6.10 Å². The average Bonchev–Trinajstić information content (AvgIpc) is 3.71. The Hall–Kier alpha value is -2.98. The second-order valence-electron chi connectivity index (χ2n) is 10.7. The van der Waals surface area contributed by atoms with Gasteiger partial charge in [-0.1, -0.05) is 60.1 Å². The van der Waals surface area contributed by atoms with E-state index in [4.69, 9.17) is 25.8 Å². The van der Waals surface area contributed by atoms with Crippen LogP contribution in [0, 0.1) is 0 Å². The normalized spacial score (nSPS) is 26.9. The van der Waals surface area contributed by atoms with Crippen LogP contribution in [0.3, 0.4) is 0 Å². The van der Waals surface area contributed by atoms with Crippen LogP contribution in [0.4, 0.5) is 0 Å². The molecule has 9 heteroatoms. The first-order chi connectivity index (χ1) is 19.0. The number of rotatable bonds is 6. The summed E-state index contributed by atoms with van der Waals surface area (Å²) in [5.41, 5.74) is 6.95. The van der Waals surface area contributed by atoms with Gasteiger partial charge in [-0.25, -0.2) is 0 Å². The lowest BCUT2D eigenvalue weighted by Crippen LogP contribution is -2.34. The van der Waals surface area contributed by atoms with Gasteiger partial charge in [-0.2, -0.15) is 4.98 Å². The summed E-state index contributed by atoms with van der Waals surface area (Å²) in [5, 5.41) is 20.3. The summed E-state index contributed by atoms with van der Waals surface area (Å²) < 4.78 is 17.3. The lowest BCUT2D eigenvalue weighted by Gasteiger charge is -2.15. The zero-order valence-electron chi connectivity index (χ0n) is 21.3. The minimum Gasteiger partial charge on any atom is -0.456 e. The molecule has 0 unspecified atom stereocenters. The molecule has 0 radical (unpaired) electrons. The van der Waals surface area contributed by atoms with Gasteiger partial charge in [0.25, 0.3) is 6.01 Å². The van der Waals surface area contributed by atoms with Crippen molar-refractivity contribution in [1.82, 2.24) is 14.9 Å². The first-order valence-electron chi connectivity index (χ1n) is 13.4. The van der Waals surface area contributed by atoms with E-state index in [0.717, 1.165) is 59.3 Å². The van der Waals surface area contributed by atoms with Crippen LogP contribution >= 0.6 is 11.6 Å². The predicted octanol–water partition coefficient (Wildman–Crippen LogP) is 4.02. The molecule has 3 aliphatic heterocycles. The Morgan fingerprint density at radius 2 is 1.67 bits per heavy atom. The van der Waals surface area contributed by atoms with E-state index in [-0.39, 0.29) is 31.0 Å². The maximum atomic E-state index is 9.96. The van der Waals surface area contributed by atoms with Crippen LogP contribution in [0.25, 0.3) is 33.3 Å². The second-order valence-corrected chi connectivity index (χ2v) is 11.1. The Bertz CT molecular complexity index is 1470. The van der Waals surface area contributed by atoms with Crippen molar-refractivity contribution in [2.75, 3.05) is 26.3 Å².